The summed E-state index contributed by atoms with van der Waals surface area (Å²) in [5.74, 6) is -1.67. The van der Waals surface area contributed by atoms with Gasteiger partial charge in [-0.25, -0.2) is 12.8 Å². The number of benzene rings is 1. The lowest BCUT2D eigenvalue weighted by molar-refractivity contribution is -0.127. The van der Waals surface area contributed by atoms with E-state index in [0.29, 0.717) is 6.42 Å². The molecule has 1 aromatic rings. The predicted molar refractivity (Wildman–Crippen MR) is 74.8 cm³/mol. The van der Waals surface area contributed by atoms with Crippen LogP contribution in [0.25, 0.3) is 0 Å². The number of sulfone groups is 1. The molecule has 0 radical (unpaired) electrons. The van der Waals surface area contributed by atoms with Gasteiger partial charge in [-0.2, -0.15) is 0 Å². The van der Waals surface area contributed by atoms with Crippen molar-refractivity contribution >= 4 is 27.3 Å². The van der Waals surface area contributed by atoms with E-state index >= 15 is 0 Å². The highest BCUT2D eigenvalue weighted by molar-refractivity contribution is 7.91. The summed E-state index contributed by atoms with van der Waals surface area (Å²) in [6, 6.07) is 4.88. The predicted octanol–water partition coefficient (Wildman–Crippen LogP) is 0.458. The van der Waals surface area contributed by atoms with E-state index in [0.717, 1.165) is 6.07 Å². The van der Waals surface area contributed by atoms with E-state index in [2.05, 4.69) is 10.6 Å². The van der Waals surface area contributed by atoms with Crippen LogP contribution >= 0.6 is 0 Å². The zero-order valence-corrected chi connectivity index (χ0v) is 12.0. The zero-order valence-electron chi connectivity index (χ0n) is 11.1. The van der Waals surface area contributed by atoms with Gasteiger partial charge in [-0.05, 0) is 24.6 Å². The standard InChI is InChI=1S/C13H15FN2O4S/c14-9-2-1-3-10(6-9)15-12(17)7-13(18)16-11-4-5-21(19,20)8-11/h1-3,6,11H,4-5,7-8H2,(H,15,17)(H,16,18). The number of amides is 2. The average Bonchev–Trinajstić information content (AvgIpc) is 2.67. The van der Waals surface area contributed by atoms with Gasteiger partial charge < -0.3 is 10.6 Å². The number of anilines is 1. The first-order chi connectivity index (χ1) is 9.84. The number of rotatable bonds is 4. The van der Waals surface area contributed by atoms with Gasteiger partial charge in [0, 0.05) is 11.7 Å². The van der Waals surface area contributed by atoms with E-state index in [1.807, 2.05) is 0 Å². The fourth-order valence-corrected chi connectivity index (χ4v) is 3.78. The molecule has 0 spiro atoms. The second kappa shape index (κ2) is 6.21. The van der Waals surface area contributed by atoms with Gasteiger partial charge in [0.15, 0.2) is 9.84 Å². The second-order valence-corrected chi connectivity index (χ2v) is 7.13. The first-order valence-corrected chi connectivity index (χ1v) is 8.21. The summed E-state index contributed by atoms with van der Waals surface area (Å²) in [5, 5.41) is 4.91. The summed E-state index contributed by atoms with van der Waals surface area (Å²) in [4.78, 5) is 23.3. The smallest absolute Gasteiger partial charge is 0.233 e. The van der Waals surface area contributed by atoms with E-state index in [1.54, 1.807) is 0 Å². The summed E-state index contributed by atoms with van der Waals surface area (Å²) in [6.07, 6.45) is -0.0767. The largest absolute Gasteiger partial charge is 0.352 e. The van der Waals surface area contributed by atoms with Crippen LogP contribution in [0.3, 0.4) is 0 Å². The van der Waals surface area contributed by atoms with E-state index in [1.165, 1.54) is 18.2 Å². The number of hydrogen-bond donors (Lipinski definition) is 2. The molecule has 1 aliphatic rings. The molecule has 0 aliphatic carbocycles. The molecule has 114 valence electrons. The number of carbonyl (C=O) groups excluding carboxylic acids is 2. The van der Waals surface area contributed by atoms with Crippen LogP contribution in [0.1, 0.15) is 12.8 Å². The van der Waals surface area contributed by atoms with Crippen LogP contribution in [-0.2, 0) is 19.4 Å². The Bertz CT molecular complexity index is 660. The van der Waals surface area contributed by atoms with Crippen molar-refractivity contribution in [2.75, 3.05) is 16.8 Å². The van der Waals surface area contributed by atoms with Crippen molar-refractivity contribution in [3.05, 3.63) is 30.1 Å². The molecule has 1 saturated heterocycles. The molecule has 2 rings (SSSR count). The fourth-order valence-electron chi connectivity index (χ4n) is 2.10. The van der Waals surface area contributed by atoms with Crippen molar-refractivity contribution in [2.45, 2.75) is 18.9 Å². The highest BCUT2D eigenvalue weighted by Gasteiger charge is 2.29. The highest BCUT2D eigenvalue weighted by atomic mass is 32.2. The molecule has 0 bridgehead atoms. The van der Waals surface area contributed by atoms with Crippen LogP contribution in [0.2, 0.25) is 0 Å². The number of hydrogen-bond acceptors (Lipinski definition) is 4. The minimum absolute atomic E-state index is 0.0490. The first-order valence-electron chi connectivity index (χ1n) is 6.39. The molecule has 1 unspecified atom stereocenters. The molecular formula is C13H15FN2O4S. The Balaban J connectivity index is 1.81. The Hall–Kier alpha value is -1.96. The van der Waals surface area contributed by atoms with Gasteiger partial charge in [-0.15, -0.1) is 0 Å². The molecule has 0 saturated carbocycles. The van der Waals surface area contributed by atoms with Crippen molar-refractivity contribution in [2.24, 2.45) is 0 Å². The third-order valence-corrected chi connectivity index (χ3v) is 4.79. The molecular weight excluding hydrogens is 299 g/mol. The molecule has 8 heteroatoms. The highest BCUT2D eigenvalue weighted by Crippen LogP contribution is 2.12. The Morgan fingerprint density at radius 1 is 1.29 bits per heavy atom. The Labute approximate surface area is 121 Å². The minimum atomic E-state index is -3.08. The summed E-state index contributed by atoms with van der Waals surface area (Å²) in [5.41, 5.74) is 0.260. The summed E-state index contributed by atoms with van der Waals surface area (Å²) >= 11 is 0. The number of halogens is 1. The monoisotopic (exact) mass is 314 g/mol. The lowest BCUT2D eigenvalue weighted by Gasteiger charge is -2.10. The van der Waals surface area contributed by atoms with Gasteiger partial charge in [-0.1, -0.05) is 6.07 Å². The van der Waals surface area contributed by atoms with Crippen LogP contribution in [0.15, 0.2) is 24.3 Å². The minimum Gasteiger partial charge on any atom is -0.352 e. The van der Waals surface area contributed by atoms with Crippen LogP contribution in [0.4, 0.5) is 10.1 Å². The first kappa shape index (κ1) is 15.4. The zero-order chi connectivity index (χ0) is 15.5. The molecule has 1 heterocycles. The van der Waals surface area contributed by atoms with E-state index in [-0.39, 0.29) is 17.2 Å². The van der Waals surface area contributed by atoms with E-state index in [9.17, 15) is 22.4 Å². The molecule has 2 N–H and O–H groups in total. The van der Waals surface area contributed by atoms with E-state index < -0.39 is 39.9 Å². The normalized spacial score (nSPS) is 20.0. The molecule has 1 aromatic carbocycles. The van der Waals surface area contributed by atoms with Gasteiger partial charge >= 0.3 is 0 Å². The molecule has 1 atom stereocenters. The Morgan fingerprint density at radius 3 is 2.67 bits per heavy atom. The van der Waals surface area contributed by atoms with Gasteiger partial charge in [0.05, 0.1) is 11.5 Å². The van der Waals surface area contributed by atoms with Crippen LogP contribution in [0.5, 0.6) is 0 Å². The average molecular weight is 314 g/mol. The topological polar surface area (TPSA) is 92.3 Å². The lowest BCUT2D eigenvalue weighted by Crippen LogP contribution is -2.37. The molecule has 21 heavy (non-hydrogen) atoms. The van der Waals surface area contributed by atoms with Crippen molar-refractivity contribution < 1.29 is 22.4 Å². The number of carbonyl (C=O) groups is 2. The van der Waals surface area contributed by atoms with E-state index in [4.69, 9.17) is 0 Å². The van der Waals surface area contributed by atoms with Crippen molar-refractivity contribution in [3.63, 3.8) is 0 Å². The molecule has 1 fully saturated rings. The van der Waals surface area contributed by atoms with Crippen LogP contribution < -0.4 is 10.6 Å². The lowest BCUT2D eigenvalue weighted by atomic mass is 10.2. The Kier molecular flexibility index (Phi) is 4.56. The molecule has 0 aromatic heterocycles. The van der Waals surface area contributed by atoms with Gasteiger partial charge in [0.2, 0.25) is 11.8 Å². The summed E-state index contributed by atoms with van der Waals surface area (Å²) in [7, 11) is -3.08. The maximum atomic E-state index is 12.9. The number of nitrogens with one attached hydrogen (secondary N) is 2. The fraction of sp³-hybridized carbons (Fsp3) is 0.385. The van der Waals surface area contributed by atoms with Gasteiger partial charge in [0.1, 0.15) is 12.2 Å². The van der Waals surface area contributed by atoms with Crippen molar-refractivity contribution in [1.29, 1.82) is 0 Å². The van der Waals surface area contributed by atoms with Crippen molar-refractivity contribution in [3.8, 4) is 0 Å². The molecule has 2 amide bonds. The van der Waals surface area contributed by atoms with Gasteiger partial charge in [-0.3, -0.25) is 9.59 Å². The summed E-state index contributed by atoms with van der Waals surface area (Å²) in [6.45, 7) is 0. The molecule has 6 nitrogen and oxygen atoms in total. The molecule has 1 aliphatic heterocycles. The Morgan fingerprint density at radius 2 is 2.05 bits per heavy atom. The van der Waals surface area contributed by atoms with Crippen LogP contribution in [0, 0.1) is 5.82 Å². The van der Waals surface area contributed by atoms with Gasteiger partial charge in [0.25, 0.3) is 0 Å². The quantitative estimate of drug-likeness (QED) is 0.790. The SMILES string of the molecule is O=C(CC(=O)NC1CCS(=O)(=O)C1)Nc1cccc(F)c1. The maximum Gasteiger partial charge on any atom is 0.233 e. The summed E-state index contributed by atoms with van der Waals surface area (Å²) < 4.78 is 35.4. The maximum absolute atomic E-state index is 12.9. The third kappa shape index (κ3) is 4.82. The second-order valence-electron chi connectivity index (χ2n) is 4.90. The third-order valence-electron chi connectivity index (χ3n) is 3.03. The van der Waals surface area contributed by atoms with Crippen LogP contribution in [-0.4, -0.2) is 37.8 Å². The van der Waals surface area contributed by atoms with Crippen molar-refractivity contribution in [1.82, 2.24) is 5.32 Å².